The Bertz CT molecular complexity index is 882. The van der Waals surface area contributed by atoms with Crippen molar-refractivity contribution in [2.45, 2.75) is 65.0 Å². The van der Waals surface area contributed by atoms with Crippen LogP contribution in [0.1, 0.15) is 70.0 Å². The zero-order valence-corrected chi connectivity index (χ0v) is 16.0. The largest absolute Gasteiger partial charge is 0.328 e. The van der Waals surface area contributed by atoms with E-state index in [1.54, 1.807) is 14.0 Å². The molecule has 1 heterocycles. The highest BCUT2D eigenvalue weighted by Crippen LogP contribution is 2.43. The number of carbonyl (C=O) groups excluding carboxylic acids is 1. The summed E-state index contributed by atoms with van der Waals surface area (Å²) in [6.07, 6.45) is 5.07. The molecule has 0 bridgehead atoms. The number of benzene rings is 1. The average molecular weight is 355 g/mol. The van der Waals surface area contributed by atoms with E-state index in [-0.39, 0.29) is 23.6 Å². The van der Waals surface area contributed by atoms with Crippen LogP contribution in [0.25, 0.3) is 0 Å². The fourth-order valence-electron chi connectivity index (χ4n) is 4.50. The molecule has 1 amide bonds. The number of rotatable bonds is 3. The Labute approximate surface area is 154 Å². The quantitative estimate of drug-likeness (QED) is 0.829. The third-order valence-corrected chi connectivity index (χ3v) is 5.79. The maximum absolute atomic E-state index is 14.6. The molecular weight excluding hydrogens is 329 g/mol. The number of halogens is 1. The van der Waals surface area contributed by atoms with Crippen LogP contribution < -0.4 is 0 Å². The van der Waals surface area contributed by atoms with E-state index in [4.69, 9.17) is 0 Å². The highest BCUT2D eigenvalue weighted by atomic mass is 19.1. The number of aryl methyl sites for hydroxylation is 4. The minimum absolute atomic E-state index is 0.0383. The Morgan fingerprint density at radius 2 is 1.96 bits per heavy atom. The molecule has 0 spiro atoms. The first kappa shape index (κ1) is 17.3. The van der Waals surface area contributed by atoms with Gasteiger partial charge in [-0.25, -0.2) is 4.68 Å². The topological polar surface area (TPSA) is 38.1 Å². The molecule has 26 heavy (non-hydrogen) atoms. The third kappa shape index (κ3) is 2.74. The average Bonchev–Trinajstić information content (AvgIpc) is 3.36. The summed E-state index contributed by atoms with van der Waals surface area (Å²) in [5.74, 6) is -0.734. The SMILES string of the molecule is Cc1cc(C)c2c(c1)C(N(C(=O)c1c(C)nn(C)c1F)C1CC1)CCC2. The van der Waals surface area contributed by atoms with Crippen molar-refractivity contribution in [3.63, 3.8) is 0 Å². The number of carbonyl (C=O) groups is 1. The fourth-order valence-corrected chi connectivity index (χ4v) is 4.50. The molecule has 4 rings (SSSR count). The summed E-state index contributed by atoms with van der Waals surface area (Å²) < 4.78 is 15.7. The van der Waals surface area contributed by atoms with Gasteiger partial charge >= 0.3 is 0 Å². The molecule has 1 atom stereocenters. The van der Waals surface area contributed by atoms with Crippen LogP contribution in [0.15, 0.2) is 12.1 Å². The van der Waals surface area contributed by atoms with Crippen molar-refractivity contribution in [1.82, 2.24) is 14.7 Å². The summed E-state index contributed by atoms with van der Waals surface area (Å²) in [4.78, 5) is 15.4. The van der Waals surface area contributed by atoms with Crippen LogP contribution in [0.5, 0.6) is 0 Å². The molecule has 4 nitrogen and oxygen atoms in total. The molecule has 0 aliphatic heterocycles. The van der Waals surface area contributed by atoms with Crippen LogP contribution >= 0.6 is 0 Å². The monoisotopic (exact) mass is 355 g/mol. The maximum Gasteiger partial charge on any atom is 0.261 e. The zero-order chi connectivity index (χ0) is 18.6. The van der Waals surface area contributed by atoms with Gasteiger partial charge < -0.3 is 4.90 Å². The number of hydrogen-bond acceptors (Lipinski definition) is 2. The predicted molar refractivity (Wildman–Crippen MR) is 98.7 cm³/mol. The van der Waals surface area contributed by atoms with Gasteiger partial charge in [-0.05, 0) is 69.6 Å². The van der Waals surface area contributed by atoms with Crippen molar-refractivity contribution in [2.75, 3.05) is 0 Å². The molecular formula is C21H26FN3O. The first-order chi connectivity index (χ1) is 12.4. The van der Waals surface area contributed by atoms with E-state index >= 15 is 0 Å². The summed E-state index contributed by atoms with van der Waals surface area (Å²) in [7, 11) is 1.54. The van der Waals surface area contributed by atoms with Crippen molar-refractivity contribution >= 4 is 5.91 Å². The van der Waals surface area contributed by atoms with Gasteiger partial charge in [0.1, 0.15) is 5.56 Å². The number of hydrogen-bond donors (Lipinski definition) is 0. The molecule has 2 aromatic rings. The summed E-state index contributed by atoms with van der Waals surface area (Å²) >= 11 is 0. The van der Waals surface area contributed by atoms with E-state index in [0.29, 0.717) is 5.69 Å². The number of amides is 1. The Morgan fingerprint density at radius 3 is 2.58 bits per heavy atom. The molecule has 1 aromatic carbocycles. The molecule has 0 saturated heterocycles. The molecule has 5 heteroatoms. The lowest BCUT2D eigenvalue weighted by molar-refractivity contribution is 0.0631. The molecule has 1 fully saturated rings. The first-order valence-corrected chi connectivity index (χ1v) is 9.50. The van der Waals surface area contributed by atoms with Gasteiger partial charge in [0.2, 0.25) is 5.95 Å². The van der Waals surface area contributed by atoms with Gasteiger partial charge in [-0.15, -0.1) is 0 Å². The zero-order valence-electron chi connectivity index (χ0n) is 16.0. The standard InChI is InChI=1S/C21H26FN3O/c1-12-10-13(2)16-6-5-7-18(17(16)11-12)25(15-8-9-15)21(26)19-14(3)23-24(4)20(19)22/h10-11,15,18H,5-9H2,1-4H3. The van der Waals surface area contributed by atoms with Gasteiger partial charge in [0, 0.05) is 13.1 Å². The molecule has 1 saturated carbocycles. The number of aromatic nitrogens is 2. The van der Waals surface area contributed by atoms with Crippen LogP contribution in [0.2, 0.25) is 0 Å². The smallest absolute Gasteiger partial charge is 0.261 e. The second-order valence-corrected chi connectivity index (χ2v) is 7.88. The van der Waals surface area contributed by atoms with Gasteiger partial charge in [-0.2, -0.15) is 9.49 Å². The van der Waals surface area contributed by atoms with Crippen molar-refractivity contribution in [3.8, 4) is 0 Å². The minimum atomic E-state index is -0.533. The van der Waals surface area contributed by atoms with E-state index < -0.39 is 5.95 Å². The molecule has 2 aliphatic carbocycles. The summed E-state index contributed by atoms with van der Waals surface area (Å²) in [5, 5.41) is 4.11. The summed E-state index contributed by atoms with van der Waals surface area (Å²) in [6.45, 7) is 5.97. The van der Waals surface area contributed by atoms with Gasteiger partial charge in [0.25, 0.3) is 5.91 Å². The van der Waals surface area contributed by atoms with E-state index in [9.17, 15) is 9.18 Å². The lowest BCUT2D eigenvalue weighted by atomic mass is 9.83. The molecule has 138 valence electrons. The number of fused-ring (bicyclic) bond motifs is 1. The van der Waals surface area contributed by atoms with E-state index in [2.05, 4.69) is 31.1 Å². The highest BCUT2D eigenvalue weighted by molar-refractivity contribution is 5.96. The highest BCUT2D eigenvalue weighted by Gasteiger charge is 2.42. The second-order valence-electron chi connectivity index (χ2n) is 7.88. The summed E-state index contributed by atoms with van der Waals surface area (Å²) in [5.41, 5.74) is 5.76. The van der Waals surface area contributed by atoms with E-state index in [1.807, 2.05) is 4.90 Å². The van der Waals surface area contributed by atoms with Crippen molar-refractivity contribution in [1.29, 1.82) is 0 Å². The van der Waals surface area contributed by atoms with Gasteiger partial charge in [-0.3, -0.25) is 4.79 Å². The molecule has 2 aliphatic rings. The Hall–Kier alpha value is -2.17. The van der Waals surface area contributed by atoms with E-state index in [0.717, 1.165) is 36.8 Å². The Kier molecular flexibility index (Phi) is 4.13. The Morgan fingerprint density at radius 1 is 1.23 bits per heavy atom. The normalized spacial score (nSPS) is 19.3. The van der Waals surface area contributed by atoms with Crippen LogP contribution in [0.3, 0.4) is 0 Å². The van der Waals surface area contributed by atoms with Crippen LogP contribution in [0.4, 0.5) is 4.39 Å². The molecule has 1 unspecified atom stereocenters. The number of nitrogens with zero attached hydrogens (tertiary/aromatic N) is 3. The minimum Gasteiger partial charge on any atom is -0.328 e. The molecule has 0 N–H and O–H groups in total. The van der Waals surface area contributed by atoms with Crippen molar-refractivity contribution in [2.24, 2.45) is 7.05 Å². The van der Waals surface area contributed by atoms with Crippen molar-refractivity contribution in [3.05, 3.63) is 51.6 Å². The van der Waals surface area contributed by atoms with Crippen LogP contribution in [0, 0.1) is 26.7 Å². The lowest BCUT2D eigenvalue weighted by Gasteiger charge is -2.37. The predicted octanol–water partition coefficient (Wildman–Crippen LogP) is 4.17. The molecule has 1 aromatic heterocycles. The van der Waals surface area contributed by atoms with E-state index in [1.165, 1.54) is 22.3 Å². The van der Waals surface area contributed by atoms with Crippen molar-refractivity contribution < 1.29 is 9.18 Å². The fraction of sp³-hybridized carbons (Fsp3) is 0.524. The second kappa shape index (κ2) is 6.22. The molecule has 0 radical (unpaired) electrons. The van der Waals surface area contributed by atoms with Gasteiger partial charge in [0.15, 0.2) is 0 Å². The van der Waals surface area contributed by atoms with Gasteiger partial charge in [0.05, 0.1) is 11.7 Å². The maximum atomic E-state index is 14.6. The lowest BCUT2D eigenvalue weighted by Crippen LogP contribution is -2.39. The van der Waals surface area contributed by atoms with Crippen LogP contribution in [-0.4, -0.2) is 26.6 Å². The van der Waals surface area contributed by atoms with Crippen LogP contribution in [-0.2, 0) is 13.5 Å². The third-order valence-electron chi connectivity index (χ3n) is 5.79. The summed E-state index contributed by atoms with van der Waals surface area (Å²) in [6, 6.07) is 4.70. The first-order valence-electron chi connectivity index (χ1n) is 9.50. The Balaban J connectivity index is 1.79. The van der Waals surface area contributed by atoms with Gasteiger partial charge in [-0.1, -0.05) is 17.7 Å².